The van der Waals surface area contributed by atoms with Crippen LogP contribution in [0.1, 0.15) is 23.7 Å². The molecule has 1 aliphatic heterocycles. The molecule has 0 saturated carbocycles. The Morgan fingerprint density at radius 1 is 1.47 bits per heavy atom. The van der Waals surface area contributed by atoms with Gasteiger partial charge in [0.1, 0.15) is 0 Å². The van der Waals surface area contributed by atoms with E-state index in [0.29, 0.717) is 17.1 Å². The van der Waals surface area contributed by atoms with Gasteiger partial charge in [-0.05, 0) is 41.4 Å². The zero-order valence-corrected chi connectivity index (χ0v) is 11.9. The van der Waals surface area contributed by atoms with Crippen molar-refractivity contribution < 1.29 is 4.79 Å². The van der Waals surface area contributed by atoms with Gasteiger partial charge in [0, 0.05) is 17.6 Å². The minimum atomic E-state index is 0.0000463. The van der Waals surface area contributed by atoms with Crippen molar-refractivity contribution in [3.63, 3.8) is 0 Å². The number of hydrogen-bond acceptors (Lipinski definition) is 1. The van der Waals surface area contributed by atoms with E-state index in [1.54, 1.807) is 6.07 Å². The summed E-state index contributed by atoms with van der Waals surface area (Å²) in [7, 11) is 0. The number of nitrogens with zero attached hydrogens (tertiary/aromatic N) is 1. The van der Waals surface area contributed by atoms with E-state index in [4.69, 9.17) is 11.6 Å². The van der Waals surface area contributed by atoms with Crippen molar-refractivity contribution in [2.24, 2.45) is 0 Å². The van der Waals surface area contributed by atoms with Crippen LogP contribution in [-0.2, 0) is 0 Å². The Kier molecular flexibility index (Phi) is 3.89. The molecule has 0 saturated heterocycles. The number of carbonyl (C=O) groups is 1. The average molecular weight is 315 g/mol. The van der Waals surface area contributed by atoms with Crippen molar-refractivity contribution in [1.82, 2.24) is 4.90 Å². The second kappa shape index (κ2) is 5.23. The van der Waals surface area contributed by atoms with E-state index in [9.17, 15) is 4.79 Å². The predicted molar refractivity (Wildman–Crippen MR) is 73.4 cm³/mol. The van der Waals surface area contributed by atoms with E-state index in [1.165, 1.54) is 5.57 Å². The molecule has 90 valence electrons. The van der Waals surface area contributed by atoms with E-state index >= 15 is 0 Å². The highest BCUT2D eigenvalue weighted by atomic mass is 79.9. The smallest absolute Gasteiger partial charge is 0.255 e. The van der Waals surface area contributed by atoms with Gasteiger partial charge in [-0.25, -0.2) is 0 Å². The van der Waals surface area contributed by atoms with Crippen LogP contribution in [0.5, 0.6) is 0 Å². The van der Waals surface area contributed by atoms with Gasteiger partial charge < -0.3 is 4.90 Å². The van der Waals surface area contributed by atoms with E-state index in [2.05, 4.69) is 28.9 Å². The SMILES string of the molecule is CC1=CCN(C(=O)c2cccc(Br)c2Cl)CC1. The second-order valence-electron chi connectivity index (χ2n) is 4.15. The molecule has 2 nitrogen and oxygen atoms in total. The maximum absolute atomic E-state index is 12.3. The Labute approximate surface area is 114 Å². The largest absolute Gasteiger partial charge is 0.335 e. The molecule has 1 amide bonds. The number of halogens is 2. The van der Waals surface area contributed by atoms with Gasteiger partial charge >= 0.3 is 0 Å². The predicted octanol–water partition coefficient (Wildman–Crippen LogP) is 3.89. The lowest BCUT2D eigenvalue weighted by Crippen LogP contribution is -2.34. The molecule has 0 spiro atoms. The molecule has 0 aromatic heterocycles. The normalized spacial score (nSPS) is 15.7. The van der Waals surface area contributed by atoms with Gasteiger partial charge in [-0.2, -0.15) is 0 Å². The molecule has 0 fully saturated rings. The highest BCUT2D eigenvalue weighted by Gasteiger charge is 2.20. The number of hydrogen-bond donors (Lipinski definition) is 0. The molecule has 2 rings (SSSR count). The van der Waals surface area contributed by atoms with E-state index in [-0.39, 0.29) is 5.91 Å². The Balaban J connectivity index is 2.23. The minimum absolute atomic E-state index is 0.0000463. The van der Waals surface area contributed by atoms with Crippen LogP contribution in [0.3, 0.4) is 0 Å². The molecule has 0 unspecified atom stereocenters. The van der Waals surface area contributed by atoms with Crippen LogP contribution in [0.4, 0.5) is 0 Å². The first-order chi connectivity index (χ1) is 8.09. The van der Waals surface area contributed by atoms with Crippen LogP contribution in [0.2, 0.25) is 5.02 Å². The number of carbonyl (C=O) groups excluding carboxylic acids is 1. The van der Waals surface area contributed by atoms with Gasteiger partial charge in [-0.3, -0.25) is 4.79 Å². The fraction of sp³-hybridized carbons (Fsp3) is 0.308. The van der Waals surface area contributed by atoms with Crippen LogP contribution >= 0.6 is 27.5 Å². The summed E-state index contributed by atoms with van der Waals surface area (Å²) in [6.07, 6.45) is 3.03. The van der Waals surface area contributed by atoms with E-state index in [0.717, 1.165) is 17.4 Å². The van der Waals surface area contributed by atoms with Crippen LogP contribution in [0.25, 0.3) is 0 Å². The molecule has 1 aromatic carbocycles. The Hall–Kier alpha value is -0.800. The third kappa shape index (κ3) is 2.72. The van der Waals surface area contributed by atoms with E-state index in [1.807, 2.05) is 17.0 Å². The van der Waals surface area contributed by atoms with Gasteiger partial charge in [0.25, 0.3) is 5.91 Å². The van der Waals surface area contributed by atoms with Gasteiger partial charge in [-0.15, -0.1) is 0 Å². The molecule has 0 atom stereocenters. The lowest BCUT2D eigenvalue weighted by Gasteiger charge is -2.26. The first kappa shape index (κ1) is 12.7. The molecule has 1 aromatic rings. The molecule has 1 heterocycles. The maximum atomic E-state index is 12.3. The van der Waals surface area contributed by atoms with Crippen molar-refractivity contribution in [3.8, 4) is 0 Å². The van der Waals surface area contributed by atoms with Gasteiger partial charge in [0.05, 0.1) is 10.6 Å². The number of rotatable bonds is 1. The van der Waals surface area contributed by atoms with Crippen molar-refractivity contribution in [2.45, 2.75) is 13.3 Å². The standard InChI is InChI=1S/C13H13BrClNO/c1-9-5-7-16(8-6-9)13(17)10-3-2-4-11(14)12(10)15/h2-5H,6-8H2,1H3. The van der Waals surface area contributed by atoms with Crippen molar-refractivity contribution in [1.29, 1.82) is 0 Å². The lowest BCUT2D eigenvalue weighted by atomic mass is 10.1. The molecule has 0 bridgehead atoms. The summed E-state index contributed by atoms with van der Waals surface area (Å²) in [6.45, 7) is 3.53. The maximum Gasteiger partial charge on any atom is 0.255 e. The lowest BCUT2D eigenvalue weighted by molar-refractivity contribution is 0.0769. The molecule has 0 aliphatic carbocycles. The Morgan fingerprint density at radius 2 is 2.24 bits per heavy atom. The van der Waals surface area contributed by atoms with Crippen molar-refractivity contribution in [2.75, 3.05) is 13.1 Å². The summed E-state index contributed by atoms with van der Waals surface area (Å²) >= 11 is 9.46. The van der Waals surface area contributed by atoms with Crippen LogP contribution in [0, 0.1) is 0 Å². The molecular formula is C13H13BrClNO. The minimum Gasteiger partial charge on any atom is -0.335 e. The molecular weight excluding hydrogens is 302 g/mol. The summed E-state index contributed by atoms with van der Waals surface area (Å²) in [5.74, 6) is 0.0000463. The quantitative estimate of drug-likeness (QED) is 0.720. The van der Waals surface area contributed by atoms with E-state index < -0.39 is 0 Å². The summed E-state index contributed by atoms with van der Waals surface area (Å²) in [6, 6.07) is 5.42. The summed E-state index contributed by atoms with van der Waals surface area (Å²) in [5, 5.41) is 0.490. The van der Waals surface area contributed by atoms with Gasteiger partial charge in [0.2, 0.25) is 0 Å². The average Bonchev–Trinajstić information content (AvgIpc) is 2.33. The summed E-state index contributed by atoms with van der Waals surface area (Å²) in [5.41, 5.74) is 1.91. The fourth-order valence-electron chi connectivity index (χ4n) is 1.79. The Bertz CT molecular complexity index is 484. The first-order valence-electron chi connectivity index (χ1n) is 5.48. The third-order valence-electron chi connectivity index (χ3n) is 2.91. The van der Waals surface area contributed by atoms with Crippen molar-refractivity contribution >= 4 is 33.4 Å². The Morgan fingerprint density at radius 3 is 2.88 bits per heavy atom. The third-order valence-corrected chi connectivity index (χ3v) is 4.20. The summed E-state index contributed by atoms with van der Waals surface area (Å²) in [4.78, 5) is 14.1. The number of amides is 1. The van der Waals surface area contributed by atoms with Crippen molar-refractivity contribution in [3.05, 3.63) is 44.9 Å². The zero-order chi connectivity index (χ0) is 12.4. The monoisotopic (exact) mass is 313 g/mol. The second-order valence-corrected chi connectivity index (χ2v) is 5.39. The van der Waals surface area contributed by atoms with Gasteiger partial charge in [0.15, 0.2) is 0 Å². The van der Waals surface area contributed by atoms with Gasteiger partial charge in [-0.1, -0.05) is 29.3 Å². The number of benzene rings is 1. The molecule has 0 N–H and O–H groups in total. The highest BCUT2D eigenvalue weighted by Crippen LogP contribution is 2.27. The van der Waals surface area contributed by atoms with Crippen LogP contribution < -0.4 is 0 Å². The molecule has 17 heavy (non-hydrogen) atoms. The molecule has 4 heteroatoms. The van der Waals surface area contributed by atoms with Crippen LogP contribution in [0.15, 0.2) is 34.3 Å². The zero-order valence-electron chi connectivity index (χ0n) is 9.54. The first-order valence-corrected chi connectivity index (χ1v) is 6.65. The molecule has 0 radical (unpaired) electrons. The highest BCUT2D eigenvalue weighted by molar-refractivity contribution is 9.10. The summed E-state index contributed by atoms with van der Waals surface area (Å²) < 4.78 is 0.758. The topological polar surface area (TPSA) is 20.3 Å². The van der Waals surface area contributed by atoms with Crippen LogP contribution in [-0.4, -0.2) is 23.9 Å². The fourth-order valence-corrected chi connectivity index (χ4v) is 2.37. The molecule has 1 aliphatic rings.